The Labute approximate surface area is 183 Å². The second kappa shape index (κ2) is 8.96. The van der Waals surface area contributed by atoms with Crippen molar-refractivity contribution >= 4 is 18.1 Å². The summed E-state index contributed by atoms with van der Waals surface area (Å²) in [5, 5.41) is 7.22. The zero-order chi connectivity index (χ0) is 21.9. The van der Waals surface area contributed by atoms with Gasteiger partial charge < -0.3 is 4.90 Å². The van der Waals surface area contributed by atoms with E-state index >= 15 is 0 Å². The minimum absolute atomic E-state index is 0.0770. The number of carbonyl (C=O) groups excluding carboxylic acids is 1. The Morgan fingerprint density at radius 3 is 2.50 bits per heavy atom. The quantitative estimate of drug-likeness (QED) is 0.551. The van der Waals surface area contributed by atoms with Gasteiger partial charge >= 0.3 is 0 Å². The largest absolute Gasteiger partial charge is 0.341 e. The van der Waals surface area contributed by atoms with E-state index in [1.54, 1.807) is 4.90 Å². The molecule has 0 saturated carbocycles. The van der Waals surface area contributed by atoms with Crippen LogP contribution in [0.5, 0.6) is 0 Å². The number of aromatic nitrogens is 3. The van der Waals surface area contributed by atoms with E-state index in [0.717, 1.165) is 22.5 Å². The van der Waals surface area contributed by atoms with Crippen molar-refractivity contribution < 1.29 is 4.79 Å². The van der Waals surface area contributed by atoms with Crippen molar-refractivity contribution in [1.29, 1.82) is 0 Å². The molecule has 2 aromatic carbocycles. The summed E-state index contributed by atoms with van der Waals surface area (Å²) >= 11 is 5.39. The van der Waals surface area contributed by atoms with Crippen molar-refractivity contribution in [3.63, 3.8) is 0 Å². The molecule has 3 aromatic rings. The SMILES string of the molecule is Cc1cccc(-c2n[nH]c(=S)n2CCC(=O)N(C)Cc2ccc(C(C)(C)C)cc2)c1. The van der Waals surface area contributed by atoms with Gasteiger partial charge in [0.15, 0.2) is 10.6 Å². The molecule has 0 bridgehead atoms. The average molecular weight is 423 g/mol. The Kier molecular flexibility index (Phi) is 6.56. The van der Waals surface area contributed by atoms with Gasteiger partial charge in [-0.05, 0) is 41.7 Å². The standard InChI is InChI=1S/C24H30N4OS/c1-17-7-6-8-19(15-17)22-25-26-23(30)28(22)14-13-21(29)27(5)16-18-9-11-20(12-10-18)24(2,3)4/h6-12,15H,13-14,16H2,1-5H3,(H,26,30). The Hall–Kier alpha value is -2.73. The lowest BCUT2D eigenvalue weighted by Crippen LogP contribution is -2.27. The highest BCUT2D eigenvalue weighted by molar-refractivity contribution is 7.71. The summed E-state index contributed by atoms with van der Waals surface area (Å²) in [5.41, 5.74) is 4.68. The minimum Gasteiger partial charge on any atom is -0.341 e. The Bertz CT molecular complexity index is 1070. The van der Waals surface area contributed by atoms with Gasteiger partial charge in [0.2, 0.25) is 5.91 Å². The first-order chi connectivity index (χ1) is 14.1. The Morgan fingerprint density at radius 1 is 1.17 bits per heavy atom. The highest BCUT2D eigenvalue weighted by Gasteiger charge is 2.15. The number of aromatic amines is 1. The molecule has 0 unspecified atom stereocenters. The molecule has 0 saturated heterocycles. The van der Waals surface area contributed by atoms with Crippen LogP contribution in [0.15, 0.2) is 48.5 Å². The number of benzene rings is 2. The van der Waals surface area contributed by atoms with Crippen LogP contribution in [0.3, 0.4) is 0 Å². The van der Waals surface area contributed by atoms with Gasteiger partial charge in [0.05, 0.1) is 0 Å². The van der Waals surface area contributed by atoms with E-state index in [-0.39, 0.29) is 11.3 Å². The number of amides is 1. The van der Waals surface area contributed by atoms with Gasteiger partial charge in [-0.2, -0.15) is 5.10 Å². The molecule has 3 rings (SSSR count). The minimum atomic E-state index is 0.0770. The van der Waals surface area contributed by atoms with E-state index in [9.17, 15) is 4.79 Å². The zero-order valence-electron chi connectivity index (χ0n) is 18.4. The molecule has 0 fully saturated rings. The number of nitrogens with zero attached hydrogens (tertiary/aromatic N) is 3. The van der Waals surface area contributed by atoms with Crippen LogP contribution in [0, 0.1) is 11.7 Å². The summed E-state index contributed by atoms with van der Waals surface area (Å²) in [6.07, 6.45) is 0.364. The molecule has 30 heavy (non-hydrogen) atoms. The summed E-state index contributed by atoms with van der Waals surface area (Å²) in [6, 6.07) is 16.6. The van der Waals surface area contributed by atoms with E-state index in [0.29, 0.717) is 24.3 Å². The topological polar surface area (TPSA) is 53.9 Å². The molecule has 5 nitrogen and oxygen atoms in total. The fourth-order valence-electron chi connectivity index (χ4n) is 3.40. The van der Waals surface area contributed by atoms with Gasteiger partial charge in [-0.1, -0.05) is 68.8 Å². The van der Waals surface area contributed by atoms with E-state index in [4.69, 9.17) is 12.2 Å². The summed E-state index contributed by atoms with van der Waals surface area (Å²) in [7, 11) is 1.84. The Balaban J connectivity index is 1.65. The number of H-pyrrole nitrogens is 1. The van der Waals surface area contributed by atoms with Crippen molar-refractivity contribution in [2.24, 2.45) is 0 Å². The van der Waals surface area contributed by atoms with Gasteiger partial charge in [-0.15, -0.1) is 0 Å². The van der Waals surface area contributed by atoms with Crippen molar-refractivity contribution in [3.05, 3.63) is 70.0 Å². The molecule has 1 N–H and O–H groups in total. The lowest BCUT2D eigenvalue weighted by Gasteiger charge is -2.21. The summed E-state index contributed by atoms with van der Waals surface area (Å²) in [5.74, 6) is 0.838. The normalized spacial score (nSPS) is 11.5. The lowest BCUT2D eigenvalue weighted by atomic mass is 9.87. The van der Waals surface area contributed by atoms with Crippen molar-refractivity contribution in [3.8, 4) is 11.4 Å². The van der Waals surface area contributed by atoms with Crippen LogP contribution in [-0.2, 0) is 23.3 Å². The monoisotopic (exact) mass is 422 g/mol. The number of rotatable bonds is 6. The van der Waals surface area contributed by atoms with E-state index < -0.39 is 0 Å². The summed E-state index contributed by atoms with van der Waals surface area (Å²) in [4.78, 5) is 14.5. The van der Waals surface area contributed by atoms with Crippen molar-refractivity contribution in [2.75, 3.05) is 7.05 Å². The van der Waals surface area contributed by atoms with Crippen LogP contribution in [0.4, 0.5) is 0 Å². The molecular weight excluding hydrogens is 392 g/mol. The van der Waals surface area contributed by atoms with Crippen LogP contribution in [-0.4, -0.2) is 32.6 Å². The molecule has 158 valence electrons. The molecule has 1 aromatic heterocycles. The maximum absolute atomic E-state index is 12.7. The first kappa shape index (κ1) is 22.0. The van der Waals surface area contributed by atoms with E-state index in [2.05, 4.69) is 61.3 Å². The van der Waals surface area contributed by atoms with Gasteiger partial charge in [0.25, 0.3) is 0 Å². The van der Waals surface area contributed by atoms with Gasteiger partial charge in [0.1, 0.15) is 0 Å². The second-order valence-electron chi connectivity index (χ2n) is 8.82. The molecule has 0 aliphatic carbocycles. The fourth-order valence-corrected chi connectivity index (χ4v) is 3.62. The number of aryl methyl sites for hydroxylation is 1. The third-order valence-electron chi connectivity index (χ3n) is 5.25. The number of carbonyl (C=O) groups is 1. The molecule has 1 heterocycles. The highest BCUT2D eigenvalue weighted by Crippen LogP contribution is 2.23. The third-order valence-corrected chi connectivity index (χ3v) is 5.56. The van der Waals surface area contributed by atoms with Crippen LogP contribution in [0.25, 0.3) is 11.4 Å². The molecule has 0 aliphatic heterocycles. The first-order valence-corrected chi connectivity index (χ1v) is 10.6. The molecular formula is C24H30N4OS. The predicted octanol–water partition coefficient (Wildman–Crippen LogP) is 5.26. The maximum Gasteiger partial charge on any atom is 0.224 e. The molecule has 6 heteroatoms. The Morgan fingerprint density at radius 2 is 1.87 bits per heavy atom. The predicted molar refractivity (Wildman–Crippen MR) is 124 cm³/mol. The number of hydrogen-bond acceptors (Lipinski definition) is 3. The van der Waals surface area contributed by atoms with Gasteiger partial charge in [-0.25, -0.2) is 0 Å². The molecule has 0 spiro atoms. The molecule has 0 atom stereocenters. The third kappa shape index (κ3) is 5.25. The molecule has 0 radical (unpaired) electrons. The van der Waals surface area contributed by atoms with E-state index in [1.165, 1.54) is 5.56 Å². The average Bonchev–Trinajstić information content (AvgIpc) is 3.06. The fraction of sp³-hybridized carbons (Fsp3) is 0.375. The summed E-state index contributed by atoms with van der Waals surface area (Å²) in [6.45, 7) is 9.72. The second-order valence-corrected chi connectivity index (χ2v) is 9.21. The van der Waals surface area contributed by atoms with E-state index in [1.807, 2.05) is 36.7 Å². The van der Waals surface area contributed by atoms with Crippen LogP contribution >= 0.6 is 12.2 Å². The first-order valence-electron chi connectivity index (χ1n) is 10.2. The van der Waals surface area contributed by atoms with Crippen LogP contribution in [0.2, 0.25) is 0 Å². The van der Waals surface area contributed by atoms with Crippen LogP contribution in [0.1, 0.15) is 43.9 Å². The number of hydrogen-bond donors (Lipinski definition) is 1. The lowest BCUT2D eigenvalue weighted by molar-refractivity contribution is -0.130. The maximum atomic E-state index is 12.7. The van der Waals surface area contributed by atoms with Crippen LogP contribution < -0.4 is 0 Å². The highest BCUT2D eigenvalue weighted by atomic mass is 32.1. The number of nitrogens with one attached hydrogen (secondary N) is 1. The zero-order valence-corrected chi connectivity index (χ0v) is 19.2. The molecule has 1 amide bonds. The van der Waals surface area contributed by atoms with Crippen molar-refractivity contribution in [2.45, 2.75) is 52.6 Å². The van der Waals surface area contributed by atoms with Gasteiger partial charge in [-0.3, -0.25) is 14.5 Å². The molecule has 0 aliphatic rings. The van der Waals surface area contributed by atoms with Crippen molar-refractivity contribution in [1.82, 2.24) is 19.7 Å². The van der Waals surface area contributed by atoms with Gasteiger partial charge in [0, 0.05) is 32.1 Å². The summed E-state index contributed by atoms with van der Waals surface area (Å²) < 4.78 is 2.42. The smallest absolute Gasteiger partial charge is 0.224 e.